The molecule has 3 rings (SSSR count). The van der Waals surface area contributed by atoms with E-state index in [0.29, 0.717) is 40.0 Å². The van der Waals surface area contributed by atoms with E-state index in [4.69, 9.17) is 23.7 Å². The lowest BCUT2D eigenvalue weighted by Gasteiger charge is -2.12. The molecule has 0 radical (unpaired) electrons. The number of nitrogens with one attached hydrogen (secondary N) is 1. The number of methoxy groups -OCH3 is 3. The van der Waals surface area contributed by atoms with Crippen LogP contribution >= 0.6 is 0 Å². The predicted molar refractivity (Wildman–Crippen MR) is 96.3 cm³/mol. The van der Waals surface area contributed by atoms with Gasteiger partial charge < -0.3 is 29.0 Å². The van der Waals surface area contributed by atoms with Crippen LogP contribution in [-0.4, -0.2) is 34.0 Å². The van der Waals surface area contributed by atoms with Gasteiger partial charge in [-0.2, -0.15) is 0 Å². The fourth-order valence-electron chi connectivity index (χ4n) is 2.51. The molecule has 1 heterocycles. The van der Waals surface area contributed by atoms with E-state index >= 15 is 0 Å². The van der Waals surface area contributed by atoms with Crippen molar-refractivity contribution in [2.24, 2.45) is 0 Å². The number of amides is 1. The van der Waals surface area contributed by atoms with E-state index in [1.54, 1.807) is 57.7 Å². The third kappa shape index (κ3) is 3.66. The summed E-state index contributed by atoms with van der Waals surface area (Å²) >= 11 is 0. The summed E-state index contributed by atoms with van der Waals surface area (Å²) in [5.74, 6) is 2.63. The molecule has 0 aliphatic carbocycles. The molecule has 1 aliphatic rings. The lowest BCUT2D eigenvalue weighted by molar-refractivity contribution is -0.111. The first-order valence-corrected chi connectivity index (χ1v) is 7.83. The Balaban J connectivity index is 1.75. The molecular weight excluding hydrogens is 338 g/mol. The molecule has 1 N–H and O–H groups in total. The molecule has 26 heavy (non-hydrogen) atoms. The molecule has 7 heteroatoms. The first-order valence-electron chi connectivity index (χ1n) is 7.83. The van der Waals surface area contributed by atoms with E-state index in [0.717, 1.165) is 0 Å². The molecule has 0 bridgehead atoms. The van der Waals surface area contributed by atoms with Gasteiger partial charge in [0, 0.05) is 29.5 Å². The molecule has 1 amide bonds. The Morgan fingerprint density at radius 3 is 2.38 bits per heavy atom. The molecule has 2 aromatic rings. The largest absolute Gasteiger partial charge is 0.496 e. The molecule has 0 saturated carbocycles. The lowest BCUT2D eigenvalue weighted by Crippen LogP contribution is -2.07. The number of hydrogen-bond acceptors (Lipinski definition) is 6. The Morgan fingerprint density at radius 2 is 1.65 bits per heavy atom. The number of hydrogen-bond donors (Lipinski definition) is 1. The second-order valence-electron chi connectivity index (χ2n) is 5.34. The van der Waals surface area contributed by atoms with Crippen LogP contribution in [-0.2, 0) is 4.79 Å². The van der Waals surface area contributed by atoms with Gasteiger partial charge in [0.05, 0.1) is 21.3 Å². The van der Waals surface area contributed by atoms with E-state index < -0.39 is 0 Å². The number of fused-ring (bicyclic) bond motifs is 1. The van der Waals surface area contributed by atoms with E-state index in [2.05, 4.69) is 5.32 Å². The zero-order valence-corrected chi connectivity index (χ0v) is 14.7. The third-order valence-electron chi connectivity index (χ3n) is 3.79. The third-order valence-corrected chi connectivity index (χ3v) is 3.79. The van der Waals surface area contributed by atoms with Crippen LogP contribution in [0.2, 0.25) is 0 Å². The van der Waals surface area contributed by atoms with Gasteiger partial charge in [-0.3, -0.25) is 4.79 Å². The highest BCUT2D eigenvalue weighted by Crippen LogP contribution is 2.36. The molecule has 0 fully saturated rings. The molecule has 136 valence electrons. The smallest absolute Gasteiger partial charge is 0.248 e. The highest BCUT2D eigenvalue weighted by atomic mass is 16.7. The monoisotopic (exact) mass is 357 g/mol. The van der Waals surface area contributed by atoms with Gasteiger partial charge in [-0.15, -0.1) is 0 Å². The number of anilines is 1. The average Bonchev–Trinajstić information content (AvgIpc) is 3.13. The summed E-state index contributed by atoms with van der Waals surface area (Å²) in [6.45, 7) is 0.186. The first-order chi connectivity index (χ1) is 12.6. The van der Waals surface area contributed by atoms with Crippen molar-refractivity contribution in [3.8, 4) is 28.7 Å². The van der Waals surface area contributed by atoms with Crippen LogP contribution in [0, 0.1) is 0 Å². The van der Waals surface area contributed by atoms with Crippen LogP contribution in [0.3, 0.4) is 0 Å². The number of carbonyl (C=O) groups excluding carboxylic acids is 1. The van der Waals surface area contributed by atoms with Crippen molar-refractivity contribution in [2.45, 2.75) is 0 Å². The number of carbonyl (C=O) groups is 1. The highest BCUT2D eigenvalue weighted by molar-refractivity contribution is 6.02. The lowest BCUT2D eigenvalue weighted by atomic mass is 10.1. The van der Waals surface area contributed by atoms with Crippen molar-refractivity contribution in [3.05, 3.63) is 42.0 Å². The summed E-state index contributed by atoms with van der Waals surface area (Å²) in [6, 6.07) is 8.65. The average molecular weight is 357 g/mol. The highest BCUT2D eigenvalue weighted by Gasteiger charge is 2.14. The SMILES string of the molecule is COc1cc(OC)c(OC)cc1/C=C/C(=O)Nc1ccc2c(c1)OCO2. The summed E-state index contributed by atoms with van der Waals surface area (Å²) in [4.78, 5) is 12.2. The number of rotatable bonds is 6. The van der Waals surface area contributed by atoms with Crippen LogP contribution < -0.4 is 29.0 Å². The Labute approximate surface area is 151 Å². The van der Waals surface area contributed by atoms with Crippen molar-refractivity contribution in [1.82, 2.24) is 0 Å². The van der Waals surface area contributed by atoms with E-state index in [9.17, 15) is 4.79 Å². The molecule has 0 aromatic heterocycles. The molecule has 1 aliphatic heterocycles. The standard InChI is InChI=1S/C19H19NO6/c1-22-15-10-17(24-3)16(23-2)8-12(15)4-7-19(21)20-13-5-6-14-18(9-13)26-11-25-14/h4-10H,11H2,1-3H3,(H,20,21)/b7-4+. The Hall–Kier alpha value is -3.35. The second kappa shape index (κ2) is 7.69. The predicted octanol–water partition coefficient (Wildman–Crippen LogP) is 3.09. The van der Waals surface area contributed by atoms with Gasteiger partial charge in [-0.05, 0) is 24.3 Å². The molecular formula is C19H19NO6. The van der Waals surface area contributed by atoms with Crippen molar-refractivity contribution in [2.75, 3.05) is 33.4 Å². The van der Waals surface area contributed by atoms with Crippen LogP contribution in [0.25, 0.3) is 6.08 Å². The van der Waals surface area contributed by atoms with Crippen LogP contribution in [0.1, 0.15) is 5.56 Å². The second-order valence-corrected chi connectivity index (χ2v) is 5.34. The minimum atomic E-state index is -0.291. The molecule has 2 aromatic carbocycles. The summed E-state index contributed by atoms with van der Waals surface area (Å²) < 4.78 is 26.4. The van der Waals surface area contributed by atoms with Crippen LogP contribution in [0.15, 0.2) is 36.4 Å². The van der Waals surface area contributed by atoms with Gasteiger partial charge in [0.15, 0.2) is 23.0 Å². The normalized spacial score (nSPS) is 12.1. The van der Waals surface area contributed by atoms with Gasteiger partial charge in [-0.25, -0.2) is 0 Å². The minimum absolute atomic E-state index is 0.186. The zero-order valence-electron chi connectivity index (χ0n) is 14.7. The Kier molecular flexibility index (Phi) is 5.17. The van der Waals surface area contributed by atoms with Gasteiger partial charge in [0.1, 0.15) is 5.75 Å². The fraction of sp³-hybridized carbons (Fsp3) is 0.211. The van der Waals surface area contributed by atoms with E-state index in [1.807, 2.05) is 0 Å². The number of benzene rings is 2. The first kappa shape index (κ1) is 17.5. The van der Waals surface area contributed by atoms with Gasteiger partial charge in [0.2, 0.25) is 12.7 Å². The molecule has 0 saturated heterocycles. The Bertz CT molecular complexity index is 846. The van der Waals surface area contributed by atoms with Crippen LogP contribution in [0.5, 0.6) is 28.7 Å². The van der Waals surface area contributed by atoms with Gasteiger partial charge in [0.25, 0.3) is 0 Å². The van der Waals surface area contributed by atoms with Crippen molar-refractivity contribution in [3.63, 3.8) is 0 Å². The van der Waals surface area contributed by atoms with Crippen LogP contribution in [0.4, 0.5) is 5.69 Å². The quantitative estimate of drug-likeness (QED) is 0.801. The van der Waals surface area contributed by atoms with Gasteiger partial charge in [-0.1, -0.05) is 0 Å². The molecule has 0 atom stereocenters. The van der Waals surface area contributed by atoms with E-state index in [1.165, 1.54) is 6.08 Å². The maximum absolute atomic E-state index is 12.2. The fourth-order valence-corrected chi connectivity index (χ4v) is 2.51. The summed E-state index contributed by atoms with van der Waals surface area (Å²) in [6.07, 6.45) is 3.05. The van der Waals surface area contributed by atoms with E-state index in [-0.39, 0.29) is 12.7 Å². The van der Waals surface area contributed by atoms with Crippen molar-refractivity contribution >= 4 is 17.7 Å². The molecule has 7 nitrogen and oxygen atoms in total. The Morgan fingerprint density at radius 1 is 0.962 bits per heavy atom. The van der Waals surface area contributed by atoms with Crippen molar-refractivity contribution in [1.29, 1.82) is 0 Å². The summed E-state index contributed by atoms with van der Waals surface area (Å²) in [5.41, 5.74) is 1.30. The molecule has 0 unspecified atom stereocenters. The number of ether oxygens (including phenoxy) is 5. The molecule has 0 spiro atoms. The summed E-state index contributed by atoms with van der Waals surface area (Å²) in [5, 5.41) is 2.77. The topological polar surface area (TPSA) is 75.3 Å². The zero-order chi connectivity index (χ0) is 18.5. The van der Waals surface area contributed by atoms with Gasteiger partial charge >= 0.3 is 0 Å². The summed E-state index contributed by atoms with van der Waals surface area (Å²) in [7, 11) is 4.64. The maximum Gasteiger partial charge on any atom is 0.248 e. The van der Waals surface area contributed by atoms with Crippen molar-refractivity contribution < 1.29 is 28.5 Å². The minimum Gasteiger partial charge on any atom is -0.496 e. The maximum atomic E-state index is 12.2.